The monoisotopic (exact) mass is 277 g/mol. The van der Waals surface area contributed by atoms with Crippen LogP contribution in [0.5, 0.6) is 0 Å². The van der Waals surface area contributed by atoms with Crippen LogP contribution >= 0.6 is 0 Å². The van der Waals surface area contributed by atoms with Crippen LogP contribution in [0.15, 0.2) is 24.3 Å². The highest BCUT2D eigenvalue weighted by Crippen LogP contribution is 2.04. The smallest absolute Gasteiger partial charge is 0.251 e. The standard InChI is InChI=1S/C15H23N3O2/c1-4-10(2)17-14(19)11(3)18-15(20)13-7-5-12(9-16)6-8-13/h5-8,10-11H,4,9,16H2,1-3H3,(H,17,19)(H,18,20). The van der Waals surface area contributed by atoms with Crippen LogP contribution in [0.2, 0.25) is 0 Å². The van der Waals surface area contributed by atoms with Gasteiger partial charge >= 0.3 is 0 Å². The summed E-state index contributed by atoms with van der Waals surface area (Å²) in [6, 6.07) is 6.56. The van der Waals surface area contributed by atoms with E-state index in [9.17, 15) is 9.59 Å². The molecule has 0 saturated carbocycles. The minimum Gasteiger partial charge on any atom is -0.352 e. The Morgan fingerprint density at radius 1 is 1.15 bits per heavy atom. The molecule has 1 aromatic rings. The molecule has 5 heteroatoms. The topological polar surface area (TPSA) is 84.2 Å². The number of benzene rings is 1. The first-order valence-corrected chi connectivity index (χ1v) is 6.88. The van der Waals surface area contributed by atoms with Crippen LogP contribution in [0.1, 0.15) is 43.1 Å². The predicted molar refractivity (Wildman–Crippen MR) is 79.2 cm³/mol. The molecule has 0 aromatic heterocycles. The Kier molecular flexibility index (Phi) is 6.18. The van der Waals surface area contributed by atoms with Gasteiger partial charge in [-0.05, 0) is 38.0 Å². The Morgan fingerprint density at radius 3 is 2.25 bits per heavy atom. The van der Waals surface area contributed by atoms with E-state index in [4.69, 9.17) is 5.73 Å². The van der Waals surface area contributed by atoms with Gasteiger partial charge in [-0.1, -0.05) is 19.1 Å². The molecule has 2 amide bonds. The summed E-state index contributed by atoms with van der Waals surface area (Å²) < 4.78 is 0. The molecule has 1 aromatic carbocycles. The van der Waals surface area contributed by atoms with Gasteiger partial charge in [0.05, 0.1) is 0 Å². The minimum atomic E-state index is -0.564. The molecule has 0 heterocycles. The number of hydrogen-bond donors (Lipinski definition) is 3. The fourth-order valence-electron chi connectivity index (χ4n) is 1.61. The molecular formula is C15H23N3O2. The van der Waals surface area contributed by atoms with Crippen LogP contribution in [-0.2, 0) is 11.3 Å². The van der Waals surface area contributed by atoms with Crippen molar-refractivity contribution < 1.29 is 9.59 Å². The molecule has 0 aliphatic rings. The van der Waals surface area contributed by atoms with E-state index in [-0.39, 0.29) is 17.9 Å². The lowest BCUT2D eigenvalue weighted by Crippen LogP contribution is -2.47. The maximum atomic E-state index is 12.0. The first kappa shape index (κ1) is 16.2. The van der Waals surface area contributed by atoms with Gasteiger partial charge in [-0.15, -0.1) is 0 Å². The summed E-state index contributed by atoms with van der Waals surface area (Å²) in [5, 5.41) is 5.51. The maximum absolute atomic E-state index is 12.0. The molecule has 0 fully saturated rings. The Bertz CT molecular complexity index is 457. The number of nitrogens with two attached hydrogens (primary N) is 1. The normalized spacial score (nSPS) is 13.4. The second kappa shape index (κ2) is 7.65. The van der Waals surface area contributed by atoms with E-state index in [0.717, 1.165) is 12.0 Å². The van der Waals surface area contributed by atoms with Crippen molar-refractivity contribution in [1.82, 2.24) is 10.6 Å². The minimum absolute atomic E-state index is 0.102. The number of carbonyl (C=O) groups is 2. The number of amides is 2. The highest BCUT2D eigenvalue weighted by Gasteiger charge is 2.17. The van der Waals surface area contributed by atoms with Gasteiger partial charge in [-0.25, -0.2) is 0 Å². The predicted octanol–water partition coefficient (Wildman–Crippen LogP) is 1.18. The first-order chi connectivity index (χ1) is 9.47. The van der Waals surface area contributed by atoms with Gasteiger partial charge < -0.3 is 16.4 Å². The van der Waals surface area contributed by atoms with Gasteiger partial charge in [-0.3, -0.25) is 9.59 Å². The fraction of sp³-hybridized carbons (Fsp3) is 0.467. The molecule has 0 saturated heterocycles. The lowest BCUT2D eigenvalue weighted by molar-refractivity contribution is -0.123. The second-order valence-corrected chi connectivity index (χ2v) is 4.91. The zero-order valence-electron chi connectivity index (χ0n) is 12.3. The molecule has 1 rings (SSSR count). The van der Waals surface area contributed by atoms with Crippen molar-refractivity contribution in [1.29, 1.82) is 0 Å². The van der Waals surface area contributed by atoms with Crippen LogP contribution in [0.3, 0.4) is 0 Å². The summed E-state index contributed by atoms with van der Waals surface area (Å²) in [4.78, 5) is 23.8. The van der Waals surface area contributed by atoms with Crippen molar-refractivity contribution in [2.75, 3.05) is 0 Å². The van der Waals surface area contributed by atoms with E-state index in [0.29, 0.717) is 12.1 Å². The summed E-state index contributed by atoms with van der Waals surface area (Å²) in [5.41, 5.74) is 6.98. The van der Waals surface area contributed by atoms with E-state index in [1.54, 1.807) is 31.2 Å². The molecule has 20 heavy (non-hydrogen) atoms. The zero-order chi connectivity index (χ0) is 15.1. The molecule has 5 nitrogen and oxygen atoms in total. The molecule has 0 radical (unpaired) electrons. The molecule has 0 aliphatic heterocycles. The molecule has 0 bridgehead atoms. The van der Waals surface area contributed by atoms with Gasteiger partial charge in [0.2, 0.25) is 5.91 Å². The van der Waals surface area contributed by atoms with Crippen molar-refractivity contribution in [3.63, 3.8) is 0 Å². The first-order valence-electron chi connectivity index (χ1n) is 6.88. The molecule has 110 valence electrons. The Balaban J connectivity index is 2.58. The van der Waals surface area contributed by atoms with E-state index in [1.165, 1.54) is 0 Å². The highest BCUT2D eigenvalue weighted by molar-refractivity contribution is 5.97. The average molecular weight is 277 g/mol. The summed E-state index contributed by atoms with van der Waals surface area (Å²) >= 11 is 0. The number of carbonyl (C=O) groups excluding carboxylic acids is 2. The van der Waals surface area contributed by atoms with Crippen molar-refractivity contribution in [2.24, 2.45) is 5.73 Å². The maximum Gasteiger partial charge on any atom is 0.251 e. The Morgan fingerprint density at radius 2 is 1.75 bits per heavy atom. The average Bonchev–Trinajstić information content (AvgIpc) is 2.46. The van der Waals surface area contributed by atoms with Crippen LogP contribution in [-0.4, -0.2) is 23.9 Å². The highest BCUT2D eigenvalue weighted by atomic mass is 16.2. The number of hydrogen-bond acceptors (Lipinski definition) is 3. The molecule has 2 unspecified atom stereocenters. The van der Waals surface area contributed by atoms with Crippen molar-refractivity contribution >= 4 is 11.8 Å². The Hall–Kier alpha value is -1.88. The Labute approximate surface area is 119 Å². The van der Waals surface area contributed by atoms with Crippen molar-refractivity contribution in [2.45, 2.75) is 45.8 Å². The van der Waals surface area contributed by atoms with E-state index < -0.39 is 6.04 Å². The van der Waals surface area contributed by atoms with Crippen LogP contribution in [0.4, 0.5) is 0 Å². The van der Waals surface area contributed by atoms with Gasteiger partial charge in [0.1, 0.15) is 6.04 Å². The molecule has 0 aliphatic carbocycles. The van der Waals surface area contributed by atoms with E-state index >= 15 is 0 Å². The van der Waals surface area contributed by atoms with Crippen LogP contribution in [0, 0.1) is 0 Å². The zero-order valence-corrected chi connectivity index (χ0v) is 12.3. The van der Waals surface area contributed by atoms with Crippen molar-refractivity contribution in [3.8, 4) is 0 Å². The molecular weight excluding hydrogens is 254 g/mol. The lowest BCUT2D eigenvalue weighted by Gasteiger charge is -2.17. The lowest BCUT2D eigenvalue weighted by atomic mass is 10.1. The van der Waals surface area contributed by atoms with Crippen LogP contribution < -0.4 is 16.4 Å². The van der Waals surface area contributed by atoms with Gasteiger partial charge in [0.15, 0.2) is 0 Å². The molecule has 2 atom stereocenters. The van der Waals surface area contributed by atoms with Crippen LogP contribution in [0.25, 0.3) is 0 Å². The van der Waals surface area contributed by atoms with E-state index in [2.05, 4.69) is 10.6 Å². The third-order valence-corrected chi connectivity index (χ3v) is 3.19. The third-order valence-electron chi connectivity index (χ3n) is 3.19. The van der Waals surface area contributed by atoms with Gasteiger partial charge in [-0.2, -0.15) is 0 Å². The van der Waals surface area contributed by atoms with Gasteiger partial charge in [0, 0.05) is 18.2 Å². The van der Waals surface area contributed by atoms with Gasteiger partial charge in [0.25, 0.3) is 5.91 Å². The second-order valence-electron chi connectivity index (χ2n) is 4.91. The summed E-state index contributed by atoms with van der Waals surface area (Å²) in [7, 11) is 0. The summed E-state index contributed by atoms with van der Waals surface area (Å²) in [6.07, 6.45) is 0.854. The summed E-state index contributed by atoms with van der Waals surface area (Å²) in [5.74, 6) is -0.438. The summed E-state index contributed by atoms with van der Waals surface area (Å²) in [6.45, 7) is 6.03. The molecule has 4 N–H and O–H groups in total. The largest absolute Gasteiger partial charge is 0.352 e. The third kappa shape index (κ3) is 4.66. The molecule has 0 spiro atoms. The number of nitrogens with one attached hydrogen (secondary N) is 2. The quantitative estimate of drug-likeness (QED) is 0.730. The SMILES string of the molecule is CCC(C)NC(=O)C(C)NC(=O)c1ccc(CN)cc1. The number of rotatable bonds is 6. The van der Waals surface area contributed by atoms with E-state index in [1.807, 2.05) is 13.8 Å². The van der Waals surface area contributed by atoms with Crippen molar-refractivity contribution in [3.05, 3.63) is 35.4 Å². The fourth-order valence-corrected chi connectivity index (χ4v) is 1.61.